The third-order valence-corrected chi connectivity index (χ3v) is 6.55. The van der Waals surface area contributed by atoms with Crippen LogP contribution in [-0.4, -0.2) is 27.4 Å². The molecule has 6 heteroatoms. The molecule has 0 unspecified atom stereocenters. The molecule has 1 saturated heterocycles. The molecule has 1 saturated carbocycles. The van der Waals surface area contributed by atoms with E-state index >= 15 is 0 Å². The summed E-state index contributed by atoms with van der Waals surface area (Å²) in [6.45, 7) is 3.10. The molecule has 0 atom stereocenters. The molecule has 24 heavy (non-hydrogen) atoms. The highest BCUT2D eigenvalue weighted by molar-refractivity contribution is 7.89. The standard InChI is InChI=1S/C18H26N2O3S/c1-14-12-16(9-10-17(14)20-11-5-8-18(20)21)24(22,23)19-13-15-6-3-2-4-7-15/h9-10,12,15,19H,2-8,11,13H2,1H3. The van der Waals surface area contributed by atoms with Crippen molar-refractivity contribution in [3.63, 3.8) is 0 Å². The normalized spacial score (nSPS) is 19.9. The molecule has 1 aliphatic carbocycles. The van der Waals surface area contributed by atoms with Crippen molar-refractivity contribution in [1.82, 2.24) is 4.72 Å². The number of anilines is 1. The number of hydrogen-bond acceptors (Lipinski definition) is 3. The molecule has 0 bridgehead atoms. The van der Waals surface area contributed by atoms with Gasteiger partial charge >= 0.3 is 0 Å². The average molecular weight is 350 g/mol. The zero-order valence-corrected chi connectivity index (χ0v) is 15.1. The van der Waals surface area contributed by atoms with Crippen LogP contribution in [0.1, 0.15) is 50.5 Å². The largest absolute Gasteiger partial charge is 0.312 e. The molecular formula is C18H26N2O3S. The van der Waals surface area contributed by atoms with Crippen LogP contribution in [0, 0.1) is 12.8 Å². The number of carbonyl (C=O) groups is 1. The molecule has 5 nitrogen and oxygen atoms in total. The molecule has 1 aromatic carbocycles. The maximum atomic E-state index is 12.5. The van der Waals surface area contributed by atoms with Crippen LogP contribution >= 0.6 is 0 Å². The van der Waals surface area contributed by atoms with Gasteiger partial charge in [-0.25, -0.2) is 13.1 Å². The second-order valence-corrected chi connectivity index (χ2v) is 8.72. The van der Waals surface area contributed by atoms with Gasteiger partial charge in [-0.15, -0.1) is 0 Å². The lowest BCUT2D eigenvalue weighted by Crippen LogP contribution is -2.30. The van der Waals surface area contributed by atoms with Gasteiger partial charge in [0.25, 0.3) is 0 Å². The molecule has 0 radical (unpaired) electrons. The maximum absolute atomic E-state index is 12.5. The Balaban J connectivity index is 1.71. The van der Waals surface area contributed by atoms with E-state index in [0.29, 0.717) is 25.4 Å². The number of rotatable bonds is 5. The lowest BCUT2D eigenvalue weighted by atomic mass is 9.90. The summed E-state index contributed by atoms with van der Waals surface area (Å²) in [5.41, 5.74) is 1.65. The van der Waals surface area contributed by atoms with Gasteiger partial charge < -0.3 is 4.90 Å². The molecule has 0 aromatic heterocycles. The third-order valence-electron chi connectivity index (χ3n) is 5.13. The minimum absolute atomic E-state index is 0.115. The first kappa shape index (κ1) is 17.4. The van der Waals surface area contributed by atoms with Crippen molar-refractivity contribution in [3.8, 4) is 0 Å². The van der Waals surface area contributed by atoms with Crippen molar-refractivity contribution in [3.05, 3.63) is 23.8 Å². The topological polar surface area (TPSA) is 66.5 Å². The molecule has 132 valence electrons. The highest BCUT2D eigenvalue weighted by Gasteiger charge is 2.24. The van der Waals surface area contributed by atoms with Crippen molar-refractivity contribution in [2.45, 2.75) is 56.8 Å². The fraction of sp³-hybridized carbons (Fsp3) is 0.611. The van der Waals surface area contributed by atoms with Crippen LogP contribution < -0.4 is 9.62 Å². The molecule has 1 amide bonds. The Morgan fingerprint density at radius 1 is 1.17 bits per heavy atom. The smallest absolute Gasteiger partial charge is 0.240 e. The summed E-state index contributed by atoms with van der Waals surface area (Å²) < 4.78 is 27.8. The van der Waals surface area contributed by atoms with E-state index in [1.165, 1.54) is 19.3 Å². The minimum Gasteiger partial charge on any atom is -0.312 e. The van der Waals surface area contributed by atoms with Crippen LogP contribution in [0.15, 0.2) is 23.1 Å². The monoisotopic (exact) mass is 350 g/mol. The van der Waals surface area contributed by atoms with Crippen LogP contribution in [0.4, 0.5) is 5.69 Å². The Kier molecular flexibility index (Phi) is 5.25. The van der Waals surface area contributed by atoms with E-state index in [-0.39, 0.29) is 10.8 Å². The summed E-state index contributed by atoms with van der Waals surface area (Å²) in [5.74, 6) is 0.570. The van der Waals surface area contributed by atoms with Gasteiger partial charge in [0, 0.05) is 25.2 Å². The first-order valence-corrected chi connectivity index (χ1v) is 10.4. The molecule has 1 heterocycles. The van der Waals surface area contributed by atoms with Crippen LogP contribution in [-0.2, 0) is 14.8 Å². The molecular weight excluding hydrogens is 324 g/mol. The first-order valence-electron chi connectivity index (χ1n) is 8.88. The van der Waals surface area contributed by atoms with Crippen LogP contribution in [0.2, 0.25) is 0 Å². The van der Waals surface area contributed by atoms with Gasteiger partial charge in [0.05, 0.1) is 4.90 Å². The van der Waals surface area contributed by atoms with Gasteiger partial charge in [0.15, 0.2) is 0 Å². The Bertz CT molecular complexity index is 709. The summed E-state index contributed by atoms with van der Waals surface area (Å²) in [4.78, 5) is 13.9. The summed E-state index contributed by atoms with van der Waals surface area (Å²) in [7, 11) is -3.49. The van der Waals surface area contributed by atoms with E-state index in [2.05, 4.69) is 4.72 Å². The Hall–Kier alpha value is -1.40. The number of carbonyl (C=O) groups excluding carboxylic acids is 1. The highest BCUT2D eigenvalue weighted by atomic mass is 32.2. The molecule has 1 N–H and O–H groups in total. The van der Waals surface area contributed by atoms with E-state index < -0.39 is 10.0 Å². The number of aryl methyl sites for hydroxylation is 1. The zero-order valence-electron chi connectivity index (χ0n) is 14.3. The van der Waals surface area contributed by atoms with E-state index in [1.54, 1.807) is 23.1 Å². The Labute approximate surface area is 144 Å². The maximum Gasteiger partial charge on any atom is 0.240 e. The van der Waals surface area contributed by atoms with Crippen LogP contribution in [0.3, 0.4) is 0 Å². The summed E-state index contributed by atoms with van der Waals surface area (Å²) in [6.07, 6.45) is 7.31. The third kappa shape index (κ3) is 3.81. The van der Waals surface area contributed by atoms with E-state index in [9.17, 15) is 13.2 Å². The molecule has 1 aromatic rings. The average Bonchev–Trinajstić information content (AvgIpc) is 3.00. The second-order valence-electron chi connectivity index (χ2n) is 6.95. The van der Waals surface area contributed by atoms with Gasteiger partial charge in [0.2, 0.25) is 15.9 Å². The SMILES string of the molecule is Cc1cc(S(=O)(=O)NCC2CCCCC2)ccc1N1CCCC1=O. The summed E-state index contributed by atoms with van der Waals surface area (Å²) in [6, 6.07) is 5.04. The molecule has 1 aliphatic heterocycles. The van der Waals surface area contributed by atoms with E-state index in [1.807, 2.05) is 6.92 Å². The van der Waals surface area contributed by atoms with Gasteiger partial charge in [-0.2, -0.15) is 0 Å². The van der Waals surface area contributed by atoms with Gasteiger partial charge in [-0.05, 0) is 55.9 Å². The predicted octanol–water partition coefficient (Wildman–Crippen LogP) is 2.98. The van der Waals surface area contributed by atoms with Gasteiger partial charge in [-0.3, -0.25) is 4.79 Å². The summed E-state index contributed by atoms with van der Waals surface area (Å²) in [5, 5.41) is 0. The van der Waals surface area contributed by atoms with Crippen molar-refractivity contribution >= 4 is 21.6 Å². The highest BCUT2D eigenvalue weighted by Crippen LogP contribution is 2.28. The fourth-order valence-corrected chi connectivity index (χ4v) is 4.90. The van der Waals surface area contributed by atoms with Gasteiger partial charge in [0.1, 0.15) is 0 Å². The molecule has 2 fully saturated rings. The predicted molar refractivity (Wildman–Crippen MR) is 94.5 cm³/mol. The van der Waals surface area contributed by atoms with Crippen LogP contribution in [0.5, 0.6) is 0 Å². The number of sulfonamides is 1. The van der Waals surface area contributed by atoms with Crippen molar-refractivity contribution in [2.75, 3.05) is 18.0 Å². The lowest BCUT2D eigenvalue weighted by molar-refractivity contribution is -0.117. The van der Waals surface area contributed by atoms with Crippen molar-refractivity contribution < 1.29 is 13.2 Å². The fourth-order valence-electron chi connectivity index (χ4n) is 3.70. The zero-order chi connectivity index (χ0) is 17.2. The quantitative estimate of drug-likeness (QED) is 0.888. The number of benzene rings is 1. The first-order chi connectivity index (χ1) is 11.5. The second kappa shape index (κ2) is 7.23. The molecule has 2 aliphatic rings. The Morgan fingerprint density at radius 2 is 1.92 bits per heavy atom. The number of nitrogens with zero attached hydrogens (tertiary/aromatic N) is 1. The summed E-state index contributed by atoms with van der Waals surface area (Å²) >= 11 is 0. The lowest BCUT2D eigenvalue weighted by Gasteiger charge is -2.22. The molecule has 0 spiro atoms. The van der Waals surface area contributed by atoms with Crippen LogP contribution in [0.25, 0.3) is 0 Å². The van der Waals surface area contributed by atoms with Crippen molar-refractivity contribution in [2.24, 2.45) is 5.92 Å². The molecule has 3 rings (SSSR count). The number of amides is 1. The van der Waals surface area contributed by atoms with E-state index in [0.717, 1.165) is 30.5 Å². The van der Waals surface area contributed by atoms with Crippen molar-refractivity contribution in [1.29, 1.82) is 0 Å². The minimum atomic E-state index is -3.49. The Morgan fingerprint density at radius 3 is 2.54 bits per heavy atom. The number of nitrogens with one attached hydrogen (secondary N) is 1. The number of hydrogen-bond donors (Lipinski definition) is 1. The van der Waals surface area contributed by atoms with Gasteiger partial charge in [-0.1, -0.05) is 19.3 Å². The van der Waals surface area contributed by atoms with E-state index in [4.69, 9.17) is 0 Å².